The van der Waals surface area contributed by atoms with Crippen molar-refractivity contribution in [3.8, 4) is 0 Å². The number of allylic oxidation sites excluding steroid dienone is 2. The number of hydrogen-bond donors (Lipinski definition) is 2. The number of aliphatic hydroxyl groups is 2. The van der Waals surface area contributed by atoms with E-state index in [0.717, 1.165) is 19.1 Å². The Kier molecular flexibility index (Phi) is 20.9. The molecule has 0 unspecified atom stereocenters. The molecule has 3 aliphatic rings. The number of likely N-dealkylation sites (N-methyl/N-ethyl adjacent to an activating group) is 1. The van der Waals surface area contributed by atoms with Gasteiger partial charge in [-0.15, -0.1) is 0 Å². The van der Waals surface area contributed by atoms with E-state index in [9.17, 15) is 24.6 Å². The molecule has 0 spiro atoms. The molecule has 334 valence electrons. The van der Waals surface area contributed by atoms with Gasteiger partial charge in [-0.25, -0.2) is 0 Å². The predicted octanol–water partition coefficient (Wildman–Crippen LogP) is 4.29. The lowest BCUT2D eigenvalue weighted by Gasteiger charge is -2.51. The first-order valence-electron chi connectivity index (χ1n) is 21.0. The number of nitrogens with zero attached hydrogens (tertiary/aromatic N) is 1. The summed E-state index contributed by atoms with van der Waals surface area (Å²) in [5.74, 6) is -2.23. The first-order valence-corrected chi connectivity index (χ1v) is 21.0. The summed E-state index contributed by atoms with van der Waals surface area (Å²) in [5.41, 5.74) is -0.709. The molecule has 0 aromatic heterocycles. The molecule has 2 N–H and O–H groups in total. The minimum absolute atomic E-state index is 0.0233. The quantitative estimate of drug-likeness (QED) is 0.136. The molecular formula is C43H73NO14. The highest BCUT2D eigenvalue weighted by Crippen LogP contribution is 2.39. The van der Waals surface area contributed by atoms with Gasteiger partial charge in [0.1, 0.15) is 42.9 Å². The number of hydrogen-bond acceptors (Lipinski definition) is 15. The molecule has 2 fully saturated rings. The summed E-state index contributed by atoms with van der Waals surface area (Å²) in [7, 11) is 6.69. The Morgan fingerprint density at radius 2 is 1.74 bits per heavy atom. The van der Waals surface area contributed by atoms with Crippen molar-refractivity contribution in [2.45, 2.75) is 185 Å². The minimum atomic E-state index is -1.31. The third kappa shape index (κ3) is 13.9. The first kappa shape index (κ1) is 50.0. The van der Waals surface area contributed by atoms with Crippen LogP contribution in [-0.4, -0.2) is 154 Å². The number of unbranched alkanes of at least 4 members (excludes halogenated alkanes) is 1. The molecule has 3 heterocycles. The minimum Gasteiger partial charge on any atom is -0.462 e. The van der Waals surface area contributed by atoms with E-state index in [1.807, 2.05) is 52.8 Å². The van der Waals surface area contributed by atoms with Gasteiger partial charge in [-0.05, 0) is 66.5 Å². The topological polar surface area (TPSA) is 178 Å². The largest absolute Gasteiger partial charge is 0.462 e. The van der Waals surface area contributed by atoms with Crippen LogP contribution in [0.1, 0.15) is 99.8 Å². The second-order valence-electron chi connectivity index (χ2n) is 16.5. The molecule has 3 rings (SSSR count). The van der Waals surface area contributed by atoms with Crippen LogP contribution in [0.5, 0.6) is 0 Å². The number of ether oxygens (including phenoxy) is 9. The lowest BCUT2D eigenvalue weighted by atomic mass is 9.82. The van der Waals surface area contributed by atoms with Crippen molar-refractivity contribution in [1.29, 1.82) is 0 Å². The zero-order valence-electron chi connectivity index (χ0n) is 36.7. The van der Waals surface area contributed by atoms with E-state index < -0.39 is 90.9 Å². The standard InChI is InChI=1S/C43H73NO14/c1-12-14-22-52-41-29(6)54-35(25-43(41,7)51-11)57-38-28(5)55-42(37(49)36(38)44(8)9)58-39-30(20-21-45)23-26(3)31(46)19-17-15-16-18-27(4)53-34(48)24-32(40(39)50-10)56-33(47)13-2/h15-17,19,21,26-32,35-42,46,49H,12-14,18,20,22-25H2,1-11H3/b16-15+,19-17+/t26-,27-,28-,29+,30+,31+,32+,35+,36-,37-,38-,39+,40+,41+,42+,43-/m1/s1. The van der Waals surface area contributed by atoms with Crippen LogP contribution in [0.2, 0.25) is 0 Å². The zero-order valence-corrected chi connectivity index (χ0v) is 36.7. The van der Waals surface area contributed by atoms with Gasteiger partial charge in [0.15, 0.2) is 12.6 Å². The Balaban J connectivity index is 2.01. The van der Waals surface area contributed by atoms with Crippen molar-refractivity contribution in [2.75, 3.05) is 34.9 Å². The second kappa shape index (κ2) is 24.2. The number of cyclic esters (lactones) is 1. The second-order valence-corrected chi connectivity index (χ2v) is 16.5. The smallest absolute Gasteiger partial charge is 0.309 e. The number of methoxy groups -OCH3 is 2. The maximum absolute atomic E-state index is 13.3. The third-order valence-corrected chi connectivity index (χ3v) is 11.6. The van der Waals surface area contributed by atoms with Gasteiger partial charge < -0.3 is 62.5 Å². The molecule has 15 heteroatoms. The van der Waals surface area contributed by atoms with Crippen molar-refractivity contribution in [2.24, 2.45) is 11.8 Å². The first-order chi connectivity index (χ1) is 27.5. The van der Waals surface area contributed by atoms with Crippen LogP contribution in [0, 0.1) is 11.8 Å². The van der Waals surface area contributed by atoms with E-state index in [-0.39, 0.29) is 43.8 Å². The number of carbonyl (C=O) groups is 3. The molecule has 0 aliphatic carbocycles. The lowest BCUT2D eigenvalue weighted by Crippen LogP contribution is -2.66. The zero-order chi connectivity index (χ0) is 43.2. The maximum Gasteiger partial charge on any atom is 0.309 e. The fourth-order valence-corrected chi connectivity index (χ4v) is 8.22. The normalized spacial score (nSPS) is 40.7. The molecule has 0 aromatic rings. The predicted molar refractivity (Wildman–Crippen MR) is 215 cm³/mol. The Hall–Kier alpha value is -2.31. The number of rotatable bonds is 15. The van der Waals surface area contributed by atoms with Crippen LogP contribution in [0.3, 0.4) is 0 Å². The summed E-state index contributed by atoms with van der Waals surface area (Å²) in [5, 5.41) is 23.3. The summed E-state index contributed by atoms with van der Waals surface area (Å²) in [6.07, 6.45) is 0.133. The molecule has 3 aliphatic heterocycles. The van der Waals surface area contributed by atoms with E-state index in [2.05, 4.69) is 6.92 Å². The summed E-state index contributed by atoms with van der Waals surface area (Å²) in [6, 6.07) is -0.680. The fourth-order valence-electron chi connectivity index (χ4n) is 8.22. The third-order valence-electron chi connectivity index (χ3n) is 11.6. The van der Waals surface area contributed by atoms with Gasteiger partial charge >= 0.3 is 11.9 Å². The van der Waals surface area contributed by atoms with Crippen molar-refractivity contribution in [3.63, 3.8) is 0 Å². The van der Waals surface area contributed by atoms with Crippen molar-refractivity contribution in [1.82, 2.24) is 4.90 Å². The number of carbonyl (C=O) groups excluding carboxylic acids is 3. The van der Waals surface area contributed by atoms with Crippen LogP contribution >= 0.6 is 0 Å². The average molecular weight is 828 g/mol. The van der Waals surface area contributed by atoms with Gasteiger partial charge in [-0.3, -0.25) is 9.59 Å². The van der Waals surface area contributed by atoms with Crippen molar-refractivity contribution < 1.29 is 67.2 Å². The average Bonchev–Trinajstić information content (AvgIpc) is 3.16. The van der Waals surface area contributed by atoms with E-state index >= 15 is 0 Å². The molecule has 15 nitrogen and oxygen atoms in total. The summed E-state index contributed by atoms with van der Waals surface area (Å²) in [6.45, 7) is 13.7. The Bertz CT molecular complexity index is 1310. The van der Waals surface area contributed by atoms with Gasteiger partial charge in [-0.2, -0.15) is 0 Å². The van der Waals surface area contributed by atoms with Gasteiger partial charge in [0, 0.05) is 46.5 Å². The molecule has 0 amide bonds. The van der Waals surface area contributed by atoms with Gasteiger partial charge in [0.25, 0.3) is 0 Å². The van der Waals surface area contributed by atoms with Crippen LogP contribution in [0.15, 0.2) is 24.3 Å². The van der Waals surface area contributed by atoms with Crippen LogP contribution in [0.25, 0.3) is 0 Å². The van der Waals surface area contributed by atoms with Crippen LogP contribution in [0.4, 0.5) is 0 Å². The number of aldehydes is 1. The molecule has 0 aromatic carbocycles. The molecule has 16 atom stereocenters. The van der Waals surface area contributed by atoms with Crippen molar-refractivity contribution >= 4 is 18.2 Å². The SMILES string of the molecule is CCCCO[C@H]1[C@H](C)O[C@@H](O[C@H]2[C@H](N(C)C)[C@@H](O)[C@H](O[C@H]3[C@@H](CC=O)C[C@@H](C)[C@@H](O)/C=C/C=C/C[C@@H](C)OC(=O)C[C@H](OC(=O)CC)[C@@H]3OC)O[C@@H]2C)C[C@@]1(C)OC. The highest BCUT2D eigenvalue weighted by molar-refractivity contribution is 5.72. The van der Waals surface area contributed by atoms with Gasteiger partial charge in [-0.1, -0.05) is 51.5 Å². The van der Waals surface area contributed by atoms with Crippen molar-refractivity contribution in [3.05, 3.63) is 24.3 Å². The monoisotopic (exact) mass is 828 g/mol. The van der Waals surface area contributed by atoms with Crippen LogP contribution < -0.4 is 0 Å². The molecule has 0 bridgehead atoms. The molecule has 58 heavy (non-hydrogen) atoms. The number of esters is 2. The Morgan fingerprint density at radius 1 is 1.02 bits per heavy atom. The molecule has 2 saturated heterocycles. The summed E-state index contributed by atoms with van der Waals surface area (Å²) < 4.78 is 56.1. The van der Waals surface area contributed by atoms with Gasteiger partial charge in [0.2, 0.25) is 0 Å². The van der Waals surface area contributed by atoms with E-state index in [1.165, 1.54) is 7.11 Å². The molecule has 0 saturated carbocycles. The highest BCUT2D eigenvalue weighted by atomic mass is 16.7. The summed E-state index contributed by atoms with van der Waals surface area (Å²) in [4.78, 5) is 40.4. The highest BCUT2D eigenvalue weighted by Gasteiger charge is 2.53. The van der Waals surface area contributed by atoms with Gasteiger partial charge in [0.05, 0.1) is 42.5 Å². The molecule has 0 radical (unpaired) electrons. The summed E-state index contributed by atoms with van der Waals surface area (Å²) >= 11 is 0. The lowest BCUT2D eigenvalue weighted by molar-refractivity contribution is -0.347. The maximum atomic E-state index is 13.3. The van der Waals surface area contributed by atoms with E-state index in [1.54, 1.807) is 39.2 Å². The van der Waals surface area contributed by atoms with E-state index in [0.29, 0.717) is 19.4 Å². The van der Waals surface area contributed by atoms with E-state index in [4.69, 9.17) is 42.6 Å². The number of aliphatic hydroxyl groups excluding tert-OH is 2. The Morgan fingerprint density at radius 3 is 2.36 bits per heavy atom. The van der Waals surface area contributed by atoms with Crippen LogP contribution in [-0.2, 0) is 57.0 Å². The molecular weight excluding hydrogens is 754 g/mol. The Labute approximate surface area is 346 Å². The fraction of sp³-hybridized carbons (Fsp3) is 0.837.